The molecule has 0 aliphatic rings. The summed E-state index contributed by atoms with van der Waals surface area (Å²) in [6, 6.07) is 0. The molecule has 1 amide bonds. The Morgan fingerprint density at radius 2 is 1.47 bits per heavy atom. The minimum absolute atomic E-state index is 0.00432. The molecule has 0 fully saturated rings. The van der Waals surface area contributed by atoms with Crippen LogP contribution in [0.4, 0.5) is 0 Å². The number of ketones is 1. The van der Waals surface area contributed by atoms with E-state index in [2.05, 4.69) is 37.8 Å². The highest BCUT2D eigenvalue weighted by Gasteiger charge is 2.00. The second-order valence-corrected chi connectivity index (χ2v) is 6.30. The fourth-order valence-corrected chi connectivity index (χ4v) is 1.51. The number of nitrogens with two attached hydrogens (primary N) is 2. The minimum atomic E-state index is -0.132. The number of amides is 1. The molecule has 0 bridgehead atoms. The van der Waals surface area contributed by atoms with E-state index in [9.17, 15) is 9.59 Å². The van der Waals surface area contributed by atoms with Crippen molar-refractivity contribution in [2.24, 2.45) is 17.6 Å². The number of ether oxygens (including phenoxy) is 4. The summed E-state index contributed by atoms with van der Waals surface area (Å²) in [5.74, 6) is 8.64. The van der Waals surface area contributed by atoms with Gasteiger partial charge in [-0.05, 0) is 25.7 Å². The molecule has 5 N–H and O–H groups in total. The van der Waals surface area contributed by atoms with Crippen molar-refractivity contribution in [1.82, 2.24) is 5.32 Å². The zero-order valence-electron chi connectivity index (χ0n) is 20.5. The number of carbonyl (C=O) groups excluding carboxylic acids is 2. The first kappa shape index (κ1) is 36.3. The maximum atomic E-state index is 11.3. The average molecular weight is 440 g/mol. The average Bonchev–Trinajstić information content (AvgIpc) is 2.74. The van der Waals surface area contributed by atoms with Gasteiger partial charge in [-0.25, -0.2) is 0 Å². The van der Waals surface area contributed by atoms with Gasteiger partial charge in [-0.3, -0.25) is 21.3 Å². The monoisotopic (exact) mass is 439 g/mol. The Morgan fingerprint density at radius 1 is 0.900 bits per heavy atom. The van der Waals surface area contributed by atoms with Crippen LogP contribution in [0.5, 0.6) is 0 Å². The van der Waals surface area contributed by atoms with E-state index in [1.165, 1.54) is 13.3 Å². The van der Waals surface area contributed by atoms with Gasteiger partial charge in [0.25, 0.3) is 0 Å². The normalized spacial score (nSPS) is 9.40. The number of nitrogens with one attached hydrogen (secondary N) is 1. The van der Waals surface area contributed by atoms with E-state index in [0.29, 0.717) is 33.0 Å². The fraction of sp³-hybridized carbons (Fsp3) is 0.905. The van der Waals surface area contributed by atoms with Crippen molar-refractivity contribution in [1.29, 1.82) is 0 Å². The standard InChI is InChI=1S/C13H25NO5.C6H14O.C2H6.H4N2/c1-3-4-6-18-11-13(16)14-5-7-17-8-9-19-10-12(2)15;1-6(2)4-5-7-3;2*1-2/h3-11H2,1-2H3,(H,14,16);6H,4-5H2,1-3H3;1-2H3;1-2H2. The molecule has 30 heavy (non-hydrogen) atoms. The van der Waals surface area contributed by atoms with Crippen LogP contribution in [0.15, 0.2) is 0 Å². The van der Waals surface area contributed by atoms with Crippen LogP contribution in [-0.2, 0) is 28.5 Å². The van der Waals surface area contributed by atoms with Gasteiger partial charge < -0.3 is 24.3 Å². The second-order valence-electron chi connectivity index (χ2n) is 6.30. The second kappa shape index (κ2) is 35.3. The van der Waals surface area contributed by atoms with Gasteiger partial charge in [-0.1, -0.05) is 41.0 Å². The molecule has 9 heteroatoms. The lowest BCUT2D eigenvalue weighted by molar-refractivity contribution is -0.126. The molecular formula is C21H49N3O6. The van der Waals surface area contributed by atoms with E-state index in [4.69, 9.17) is 18.9 Å². The number of hydrogen-bond donors (Lipinski definition) is 3. The van der Waals surface area contributed by atoms with Crippen LogP contribution in [0.3, 0.4) is 0 Å². The summed E-state index contributed by atoms with van der Waals surface area (Å²) < 4.78 is 20.3. The number of rotatable bonds is 16. The maximum absolute atomic E-state index is 11.3. The minimum Gasteiger partial charge on any atom is -0.385 e. The van der Waals surface area contributed by atoms with Crippen molar-refractivity contribution in [3.63, 3.8) is 0 Å². The number of methoxy groups -OCH3 is 1. The first-order valence-electron chi connectivity index (χ1n) is 10.8. The van der Waals surface area contributed by atoms with Crippen molar-refractivity contribution in [3.8, 4) is 0 Å². The van der Waals surface area contributed by atoms with Crippen molar-refractivity contribution in [2.45, 2.75) is 60.8 Å². The van der Waals surface area contributed by atoms with Crippen molar-refractivity contribution in [3.05, 3.63) is 0 Å². The molecule has 184 valence electrons. The van der Waals surface area contributed by atoms with E-state index < -0.39 is 0 Å². The van der Waals surface area contributed by atoms with Gasteiger partial charge in [0.1, 0.15) is 13.2 Å². The summed E-state index contributed by atoms with van der Waals surface area (Å²) in [5, 5.41) is 2.68. The largest absolute Gasteiger partial charge is 0.385 e. The van der Waals surface area contributed by atoms with E-state index in [-0.39, 0.29) is 24.9 Å². The Balaban J connectivity index is -0.000000256. The molecule has 0 unspecified atom stereocenters. The number of carbonyl (C=O) groups is 2. The van der Waals surface area contributed by atoms with E-state index in [1.807, 2.05) is 13.8 Å². The predicted molar refractivity (Wildman–Crippen MR) is 122 cm³/mol. The van der Waals surface area contributed by atoms with Gasteiger partial charge in [-0.15, -0.1) is 0 Å². The predicted octanol–water partition coefficient (Wildman–Crippen LogP) is 2.07. The summed E-state index contributed by atoms with van der Waals surface area (Å²) in [6.45, 7) is 15.3. The first-order valence-corrected chi connectivity index (χ1v) is 10.8. The zero-order valence-corrected chi connectivity index (χ0v) is 20.5. The Kier molecular flexibility index (Phi) is 42.7. The van der Waals surface area contributed by atoms with Crippen molar-refractivity contribution >= 4 is 11.7 Å². The highest BCUT2D eigenvalue weighted by Crippen LogP contribution is 1.97. The molecule has 0 saturated heterocycles. The smallest absolute Gasteiger partial charge is 0.246 e. The van der Waals surface area contributed by atoms with Crippen LogP contribution in [0.25, 0.3) is 0 Å². The molecule has 0 aliphatic carbocycles. The van der Waals surface area contributed by atoms with E-state index >= 15 is 0 Å². The molecule has 0 radical (unpaired) electrons. The van der Waals surface area contributed by atoms with Crippen LogP contribution >= 0.6 is 0 Å². The SMILES string of the molecule is CC.CCCCOCC(=O)NCCOCCOCC(C)=O.COCCC(C)C.NN. The lowest BCUT2D eigenvalue weighted by atomic mass is 10.1. The van der Waals surface area contributed by atoms with Gasteiger partial charge in [-0.2, -0.15) is 0 Å². The van der Waals surface area contributed by atoms with Gasteiger partial charge in [0, 0.05) is 26.9 Å². The van der Waals surface area contributed by atoms with Crippen LogP contribution in [-0.4, -0.2) is 71.6 Å². The summed E-state index contributed by atoms with van der Waals surface area (Å²) in [4.78, 5) is 21.8. The van der Waals surface area contributed by atoms with Crippen LogP contribution < -0.4 is 17.0 Å². The Labute approximate surface area is 184 Å². The van der Waals surface area contributed by atoms with E-state index in [0.717, 1.165) is 25.4 Å². The number of Topliss-reactive ketones (excluding diaryl/α,β-unsaturated/α-hetero) is 1. The third-order valence-corrected chi connectivity index (χ3v) is 3.02. The molecule has 0 saturated carbocycles. The Hall–Kier alpha value is -1.10. The lowest BCUT2D eigenvalue weighted by Gasteiger charge is -2.07. The molecule has 0 atom stereocenters. The van der Waals surface area contributed by atoms with Crippen LogP contribution in [0.1, 0.15) is 60.8 Å². The highest BCUT2D eigenvalue weighted by atomic mass is 16.5. The van der Waals surface area contributed by atoms with Gasteiger partial charge >= 0.3 is 0 Å². The molecule has 0 heterocycles. The van der Waals surface area contributed by atoms with Gasteiger partial charge in [0.05, 0.1) is 19.8 Å². The summed E-state index contributed by atoms with van der Waals surface area (Å²) in [6.07, 6.45) is 3.20. The summed E-state index contributed by atoms with van der Waals surface area (Å²) in [7, 11) is 1.74. The molecule has 0 aromatic heterocycles. The maximum Gasteiger partial charge on any atom is 0.246 e. The molecule has 9 nitrogen and oxygen atoms in total. The third kappa shape index (κ3) is 45.6. The third-order valence-electron chi connectivity index (χ3n) is 3.02. The fourth-order valence-electron chi connectivity index (χ4n) is 1.51. The van der Waals surface area contributed by atoms with Crippen LogP contribution in [0, 0.1) is 5.92 Å². The molecule has 0 spiro atoms. The molecule has 0 aromatic rings. The Bertz CT molecular complexity index is 332. The van der Waals surface area contributed by atoms with Crippen molar-refractivity contribution in [2.75, 3.05) is 59.9 Å². The molecular weight excluding hydrogens is 390 g/mol. The number of hydrazine groups is 1. The number of unbranched alkanes of at least 4 members (excludes halogenated alkanes) is 1. The summed E-state index contributed by atoms with van der Waals surface area (Å²) in [5.41, 5.74) is 0. The molecule has 0 aliphatic heterocycles. The van der Waals surface area contributed by atoms with E-state index in [1.54, 1.807) is 7.11 Å². The highest BCUT2D eigenvalue weighted by molar-refractivity contribution is 5.77. The van der Waals surface area contributed by atoms with Gasteiger partial charge in [0.15, 0.2) is 5.78 Å². The molecule has 0 aromatic carbocycles. The van der Waals surface area contributed by atoms with Gasteiger partial charge in [0.2, 0.25) is 5.91 Å². The Morgan fingerprint density at radius 3 is 1.93 bits per heavy atom. The van der Waals surface area contributed by atoms with Crippen LogP contribution in [0.2, 0.25) is 0 Å². The summed E-state index contributed by atoms with van der Waals surface area (Å²) >= 11 is 0. The topological polar surface area (TPSA) is 135 Å². The molecule has 0 rings (SSSR count). The zero-order chi connectivity index (χ0) is 24.0. The lowest BCUT2D eigenvalue weighted by Crippen LogP contribution is -2.31. The quantitative estimate of drug-likeness (QED) is 0.189. The van der Waals surface area contributed by atoms with Crippen molar-refractivity contribution < 1.29 is 28.5 Å². The number of hydrogen-bond acceptors (Lipinski definition) is 8. The first-order chi connectivity index (χ1) is 14.4.